The van der Waals surface area contributed by atoms with Gasteiger partial charge in [0.05, 0.1) is 4.90 Å². The quantitative estimate of drug-likeness (QED) is 0.881. The topological polar surface area (TPSA) is 62.3 Å². The van der Waals surface area contributed by atoms with E-state index in [1.165, 1.54) is 4.31 Å². The zero-order valence-electron chi connectivity index (χ0n) is 12.2. The molecule has 1 N–H and O–H groups in total. The minimum Gasteiger partial charge on any atom is -0.316 e. The van der Waals surface area contributed by atoms with E-state index in [0.29, 0.717) is 18.0 Å². The molecular weight excluding hydrogens is 286 g/mol. The molecule has 6 heteroatoms. The summed E-state index contributed by atoms with van der Waals surface area (Å²) in [4.78, 5) is 4.35. The van der Waals surface area contributed by atoms with Gasteiger partial charge >= 0.3 is 0 Å². The Kier molecular flexibility index (Phi) is 5.06. The lowest BCUT2D eigenvalue weighted by molar-refractivity contribution is 0.465. The van der Waals surface area contributed by atoms with Crippen LogP contribution in [0.15, 0.2) is 53.7 Å². The lowest BCUT2D eigenvalue weighted by Crippen LogP contribution is -2.28. The number of rotatable bonds is 6. The number of hydrogen-bond donors (Lipinski definition) is 1. The minimum atomic E-state index is -3.52. The van der Waals surface area contributed by atoms with Crippen LogP contribution in [0.4, 0.5) is 0 Å². The lowest BCUT2D eigenvalue weighted by atomic mass is 10.2. The zero-order valence-corrected chi connectivity index (χ0v) is 13.0. The summed E-state index contributed by atoms with van der Waals surface area (Å²) in [5.74, 6) is 0. The van der Waals surface area contributed by atoms with Crippen molar-refractivity contribution in [3.05, 3.63) is 59.9 Å². The second-order valence-electron chi connectivity index (χ2n) is 4.76. The minimum absolute atomic E-state index is 0.296. The molecule has 1 heterocycles. The molecule has 1 aromatic carbocycles. The fourth-order valence-electron chi connectivity index (χ4n) is 2.09. The number of hydrogen-bond acceptors (Lipinski definition) is 4. The van der Waals surface area contributed by atoms with Crippen LogP contribution in [0.25, 0.3) is 0 Å². The molecular formula is C15H19N3O2S. The van der Waals surface area contributed by atoms with Crippen LogP contribution < -0.4 is 5.32 Å². The maximum Gasteiger partial charge on any atom is 0.243 e. The maximum absolute atomic E-state index is 12.7. The average Bonchev–Trinajstić information content (AvgIpc) is 2.49. The number of benzene rings is 1. The Balaban J connectivity index is 2.29. The molecule has 1 aromatic heterocycles. The fraction of sp³-hybridized carbons (Fsp3) is 0.267. The largest absolute Gasteiger partial charge is 0.316 e. The van der Waals surface area contributed by atoms with E-state index >= 15 is 0 Å². The molecule has 0 amide bonds. The molecule has 0 fully saturated rings. The molecule has 0 bridgehead atoms. The molecule has 0 atom stereocenters. The van der Waals surface area contributed by atoms with Crippen molar-refractivity contribution >= 4 is 10.0 Å². The van der Waals surface area contributed by atoms with Crippen LogP contribution in [0.2, 0.25) is 0 Å². The van der Waals surface area contributed by atoms with Crippen LogP contribution in [-0.2, 0) is 23.1 Å². The van der Waals surface area contributed by atoms with E-state index in [9.17, 15) is 8.42 Å². The van der Waals surface area contributed by atoms with Crippen LogP contribution in [0.1, 0.15) is 11.1 Å². The summed E-state index contributed by atoms with van der Waals surface area (Å²) in [6.45, 7) is 0.806. The Hall–Kier alpha value is -1.76. The molecule has 0 saturated carbocycles. The molecule has 0 radical (unpaired) electrons. The molecule has 0 aliphatic heterocycles. The van der Waals surface area contributed by atoms with Crippen LogP contribution in [0, 0.1) is 0 Å². The Bertz CT molecular complexity index is 687. The Morgan fingerprint density at radius 2 is 1.95 bits per heavy atom. The van der Waals surface area contributed by atoms with Crippen molar-refractivity contribution in [1.29, 1.82) is 0 Å². The van der Waals surface area contributed by atoms with Gasteiger partial charge in [-0.05, 0) is 30.3 Å². The lowest BCUT2D eigenvalue weighted by Gasteiger charge is -2.19. The molecule has 0 spiro atoms. The van der Waals surface area contributed by atoms with Crippen molar-refractivity contribution in [2.45, 2.75) is 18.0 Å². The second kappa shape index (κ2) is 6.80. The van der Waals surface area contributed by atoms with E-state index in [4.69, 9.17) is 0 Å². The molecule has 0 aliphatic carbocycles. The summed E-state index contributed by atoms with van der Waals surface area (Å²) in [5, 5.41) is 2.99. The maximum atomic E-state index is 12.7. The first kappa shape index (κ1) is 15.6. The first-order valence-corrected chi connectivity index (χ1v) is 8.07. The van der Waals surface area contributed by atoms with Gasteiger partial charge in [0, 0.05) is 32.5 Å². The summed E-state index contributed by atoms with van der Waals surface area (Å²) in [6.07, 6.45) is 3.34. The predicted octanol–water partition coefficient (Wildman–Crippen LogP) is 1.62. The summed E-state index contributed by atoms with van der Waals surface area (Å²) in [7, 11) is -0.148. The van der Waals surface area contributed by atoms with Crippen LogP contribution in [0.5, 0.6) is 0 Å². The standard InChI is InChI=1S/C15H19N3O2S/c1-16-11-14-7-3-4-8-15(14)21(19,20)18(2)12-13-6-5-9-17-10-13/h3-10,16H,11-12H2,1-2H3. The number of nitrogens with zero attached hydrogens (tertiary/aromatic N) is 2. The van der Waals surface area contributed by atoms with Crippen LogP contribution >= 0.6 is 0 Å². The van der Waals surface area contributed by atoms with Gasteiger partial charge in [-0.3, -0.25) is 4.98 Å². The second-order valence-corrected chi connectivity index (χ2v) is 6.77. The van der Waals surface area contributed by atoms with Gasteiger partial charge in [-0.2, -0.15) is 4.31 Å². The SMILES string of the molecule is CNCc1ccccc1S(=O)(=O)N(C)Cc1cccnc1. The third-order valence-electron chi connectivity index (χ3n) is 3.16. The first-order valence-electron chi connectivity index (χ1n) is 6.63. The number of aromatic nitrogens is 1. The van der Waals surface area contributed by atoms with Gasteiger partial charge in [-0.15, -0.1) is 0 Å². The molecule has 0 saturated heterocycles. The molecule has 0 unspecified atom stereocenters. The molecule has 5 nitrogen and oxygen atoms in total. The fourth-order valence-corrected chi connectivity index (χ4v) is 3.47. The van der Waals surface area contributed by atoms with Gasteiger partial charge in [-0.1, -0.05) is 24.3 Å². The predicted molar refractivity (Wildman–Crippen MR) is 82.1 cm³/mol. The third kappa shape index (κ3) is 3.66. The van der Waals surface area contributed by atoms with E-state index in [1.54, 1.807) is 44.7 Å². The molecule has 2 rings (SSSR count). The Labute approximate surface area is 125 Å². The van der Waals surface area contributed by atoms with Crippen molar-refractivity contribution < 1.29 is 8.42 Å². The van der Waals surface area contributed by atoms with E-state index < -0.39 is 10.0 Å². The Morgan fingerprint density at radius 3 is 2.62 bits per heavy atom. The highest BCUT2D eigenvalue weighted by atomic mass is 32.2. The normalized spacial score (nSPS) is 11.8. The molecule has 0 aliphatic rings. The van der Waals surface area contributed by atoms with E-state index in [1.807, 2.05) is 18.2 Å². The van der Waals surface area contributed by atoms with Gasteiger partial charge in [0.1, 0.15) is 0 Å². The van der Waals surface area contributed by atoms with E-state index in [-0.39, 0.29) is 0 Å². The van der Waals surface area contributed by atoms with Gasteiger partial charge in [0.2, 0.25) is 10.0 Å². The van der Waals surface area contributed by atoms with Crippen molar-refractivity contribution in [3.8, 4) is 0 Å². The average molecular weight is 305 g/mol. The third-order valence-corrected chi connectivity index (χ3v) is 5.06. The van der Waals surface area contributed by atoms with Crippen LogP contribution in [-0.4, -0.2) is 31.8 Å². The summed E-state index contributed by atoms with van der Waals surface area (Å²) >= 11 is 0. The molecule has 112 valence electrons. The number of pyridine rings is 1. The van der Waals surface area contributed by atoms with Gasteiger partial charge < -0.3 is 5.32 Å². The number of sulfonamides is 1. The first-order chi connectivity index (χ1) is 10.1. The van der Waals surface area contributed by atoms with Gasteiger partial charge in [0.15, 0.2) is 0 Å². The highest BCUT2D eigenvalue weighted by Gasteiger charge is 2.23. The van der Waals surface area contributed by atoms with Crippen molar-refractivity contribution in [3.63, 3.8) is 0 Å². The van der Waals surface area contributed by atoms with Crippen LogP contribution in [0.3, 0.4) is 0 Å². The van der Waals surface area contributed by atoms with Crippen molar-refractivity contribution in [1.82, 2.24) is 14.6 Å². The van der Waals surface area contributed by atoms with Crippen molar-refractivity contribution in [2.75, 3.05) is 14.1 Å². The van der Waals surface area contributed by atoms with E-state index in [2.05, 4.69) is 10.3 Å². The zero-order chi connectivity index (χ0) is 15.3. The highest BCUT2D eigenvalue weighted by Crippen LogP contribution is 2.20. The summed E-state index contributed by atoms with van der Waals surface area (Å²) < 4.78 is 26.8. The Morgan fingerprint density at radius 1 is 1.19 bits per heavy atom. The monoisotopic (exact) mass is 305 g/mol. The van der Waals surface area contributed by atoms with Gasteiger partial charge in [-0.25, -0.2) is 8.42 Å². The summed E-state index contributed by atoms with van der Waals surface area (Å²) in [6, 6.07) is 10.7. The highest BCUT2D eigenvalue weighted by molar-refractivity contribution is 7.89. The number of nitrogens with one attached hydrogen (secondary N) is 1. The van der Waals surface area contributed by atoms with E-state index in [0.717, 1.165) is 11.1 Å². The summed E-state index contributed by atoms with van der Waals surface area (Å²) in [5.41, 5.74) is 1.62. The molecule has 2 aromatic rings. The van der Waals surface area contributed by atoms with Gasteiger partial charge in [0.25, 0.3) is 0 Å². The van der Waals surface area contributed by atoms with Crippen molar-refractivity contribution in [2.24, 2.45) is 0 Å². The molecule has 21 heavy (non-hydrogen) atoms. The smallest absolute Gasteiger partial charge is 0.243 e.